The van der Waals surface area contributed by atoms with Gasteiger partial charge in [-0.05, 0) is 62.5 Å². The lowest BCUT2D eigenvalue weighted by atomic mass is 9.48. The first kappa shape index (κ1) is 22.0. The van der Waals surface area contributed by atoms with Crippen LogP contribution in [0.1, 0.15) is 66.2 Å². The normalized spacial score (nSPS) is 47.7. The first-order chi connectivity index (χ1) is 13.9. The number of aliphatic hydroxyl groups is 2. The van der Waals surface area contributed by atoms with Crippen LogP contribution in [-0.2, 0) is 14.3 Å². The van der Waals surface area contributed by atoms with Crippen LogP contribution in [0.5, 0.6) is 0 Å². The number of carboxylic acid groups (broad SMARTS) is 1. The maximum atomic E-state index is 12.0. The van der Waals surface area contributed by atoms with Gasteiger partial charge in [0.05, 0.1) is 24.2 Å². The standard InChI is InChI=1S/C24H36O6/c1-6-18-29-20-19-13(2)7-10-24(28,22(19,3)4)12-15-14(11-17(26)27)16(25)8-9-23(15,5)21(20)30-18/h6,14-16,18,20-21,25,28H,1,7-12H2,2-5H3,(H,26,27). The van der Waals surface area contributed by atoms with Gasteiger partial charge in [-0.3, -0.25) is 4.79 Å². The van der Waals surface area contributed by atoms with E-state index in [4.69, 9.17) is 9.47 Å². The highest BCUT2D eigenvalue weighted by atomic mass is 16.7. The maximum absolute atomic E-state index is 12.0. The molecule has 2 saturated carbocycles. The summed E-state index contributed by atoms with van der Waals surface area (Å²) >= 11 is 0. The van der Waals surface area contributed by atoms with Gasteiger partial charge in [0.1, 0.15) is 6.10 Å². The SMILES string of the molecule is C=CC1OC2C3=C(C)CCC(O)(CC4C(CC(=O)O)C(O)CCC4(C)C2O1)C3(C)C. The van der Waals surface area contributed by atoms with E-state index in [0.29, 0.717) is 25.7 Å². The highest BCUT2D eigenvalue weighted by Crippen LogP contribution is 2.63. The fourth-order valence-electron chi connectivity index (χ4n) is 7.07. The molecule has 4 aliphatic rings. The molecule has 3 N–H and O–H groups in total. The molecule has 6 heteroatoms. The highest BCUT2D eigenvalue weighted by Gasteiger charge is 2.64. The minimum absolute atomic E-state index is 0.108. The van der Waals surface area contributed by atoms with E-state index in [1.54, 1.807) is 6.08 Å². The number of aliphatic hydroxyl groups excluding tert-OH is 1. The molecule has 3 aliphatic carbocycles. The van der Waals surface area contributed by atoms with Crippen molar-refractivity contribution >= 4 is 5.97 Å². The number of rotatable bonds is 3. The van der Waals surface area contributed by atoms with Crippen LogP contribution in [0, 0.1) is 22.7 Å². The maximum Gasteiger partial charge on any atom is 0.303 e. The summed E-state index contributed by atoms with van der Waals surface area (Å²) in [4.78, 5) is 11.7. The lowest BCUT2D eigenvalue weighted by Gasteiger charge is -2.60. The van der Waals surface area contributed by atoms with Gasteiger partial charge in [-0.25, -0.2) is 0 Å². The predicted molar refractivity (Wildman–Crippen MR) is 112 cm³/mol. The van der Waals surface area contributed by atoms with Gasteiger partial charge in [0.2, 0.25) is 0 Å². The van der Waals surface area contributed by atoms with Crippen LogP contribution in [0.15, 0.2) is 23.8 Å². The zero-order chi connectivity index (χ0) is 22.1. The molecule has 8 atom stereocenters. The van der Waals surface area contributed by atoms with Crippen LogP contribution in [0.4, 0.5) is 0 Å². The van der Waals surface area contributed by atoms with Gasteiger partial charge in [-0.2, -0.15) is 0 Å². The molecule has 0 aromatic carbocycles. The Hall–Kier alpha value is -1.21. The van der Waals surface area contributed by atoms with Crippen molar-refractivity contribution in [2.45, 2.75) is 96.4 Å². The molecular formula is C24H36O6. The van der Waals surface area contributed by atoms with Crippen molar-refractivity contribution < 1.29 is 29.6 Å². The molecule has 8 unspecified atom stereocenters. The van der Waals surface area contributed by atoms with E-state index in [0.717, 1.165) is 12.0 Å². The second kappa shape index (κ2) is 7.16. The minimum atomic E-state index is -0.998. The Bertz CT molecular complexity index is 772. The molecule has 2 bridgehead atoms. The van der Waals surface area contributed by atoms with Crippen LogP contribution in [0.3, 0.4) is 0 Å². The minimum Gasteiger partial charge on any atom is -0.481 e. The summed E-state index contributed by atoms with van der Waals surface area (Å²) < 4.78 is 12.7. The van der Waals surface area contributed by atoms with E-state index in [1.807, 2.05) is 0 Å². The van der Waals surface area contributed by atoms with Crippen molar-refractivity contribution in [1.29, 1.82) is 0 Å². The smallest absolute Gasteiger partial charge is 0.303 e. The summed E-state index contributed by atoms with van der Waals surface area (Å²) in [5.41, 5.74) is 0.395. The molecule has 30 heavy (non-hydrogen) atoms. The Morgan fingerprint density at radius 1 is 1.27 bits per heavy atom. The lowest BCUT2D eigenvalue weighted by Crippen LogP contribution is -2.62. The molecule has 0 amide bonds. The van der Waals surface area contributed by atoms with Gasteiger partial charge in [0, 0.05) is 10.8 Å². The molecule has 0 radical (unpaired) electrons. The summed E-state index contributed by atoms with van der Waals surface area (Å²) in [5.74, 6) is -1.54. The van der Waals surface area contributed by atoms with E-state index >= 15 is 0 Å². The summed E-state index contributed by atoms with van der Waals surface area (Å²) in [7, 11) is 0. The molecule has 168 valence electrons. The number of hydrogen-bond donors (Lipinski definition) is 3. The average Bonchev–Trinajstić information content (AvgIpc) is 3.08. The fraction of sp³-hybridized carbons (Fsp3) is 0.792. The molecule has 1 aliphatic heterocycles. The molecule has 0 aromatic rings. The zero-order valence-electron chi connectivity index (χ0n) is 18.6. The Morgan fingerprint density at radius 3 is 2.60 bits per heavy atom. The van der Waals surface area contributed by atoms with E-state index in [-0.39, 0.29) is 24.5 Å². The quantitative estimate of drug-likeness (QED) is 0.606. The Labute approximate surface area is 179 Å². The third kappa shape index (κ3) is 3.02. The number of carbonyl (C=O) groups is 1. The van der Waals surface area contributed by atoms with Crippen molar-refractivity contribution in [3.63, 3.8) is 0 Å². The van der Waals surface area contributed by atoms with Crippen LogP contribution in [0.2, 0.25) is 0 Å². The average molecular weight is 421 g/mol. The van der Waals surface area contributed by atoms with E-state index in [2.05, 4.69) is 34.3 Å². The van der Waals surface area contributed by atoms with Gasteiger partial charge in [0.25, 0.3) is 0 Å². The van der Waals surface area contributed by atoms with Gasteiger partial charge in [-0.15, -0.1) is 0 Å². The van der Waals surface area contributed by atoms with Crippen molar-refractivity contribution in [1.82, 2.24) is 0 Å². The van der Waals surface area contributed by atoms with Crippen LogP contribution in [0.25, 0.3) is 0 Å². The summed E-state index contributed by atoms with van der Waals surface area (Å²) in [6, 6.07) is 0. The first-order valence-electron chi connectivity index (χ1n) is 11.2. The molecule has 0 aromatic heterocycles. The van der Waals surface area contributed by atoms with E-state index in [9.17, 15) is 20.1 Å². The number of carboxylic acids is 1. The molecule has 6 nitrogen and oxygen atoms in total. The second-order valence-corrected chi connectivity index (χ2v) is 10.8. The van der Waals surface area contributed by atoms with Gasteiger partial charge < -0.3 is 24.8 Å². The summed E-state index contributed by atoms with van der Waals surface area (Å²) in [6.45, 7) is 12.3. The number of hydrogen-bond acceptors (Lipinski definition) is 5. The Balaban J connectivity index is 1.90. The number of allylic oxidation sites excluding steroid dienone is 1. The largest absolute Gasteiger partial charge is 0.481 e. The van der Waals surface area contributed by atoms with Crippen LogP contribution >= 0.6 is 0 Å². The van der Waals surface area contributed by atoms with E-state index in [1.165, 1.54) is 5.57 Å². The van der Waals surface area contributed by atoms with Crippen molar-refractivity contribution in [3.8, 4) is 0 Å². The summed E-state index contributed by atoms with van der Waals surface area (Å²) in [6.07, 6.45) is 2.81. The lowest BCUT2D eigenvalue weighted by molar-refractivity contribution is -0.176. The van der Waals surface area contributed by atoms with Crippen molar-refractivity contribution in [2.75, 3.05) is 0 Å². The monoisotopic (exact) mass is 420 g/mol. The molecular weight excluding hydrogens is 384 g/mol. The number of aliphatic carboxylic acids is 1. The summed E-state index contributed by atoms with van der Waals surface area (Å²) in [5, 5.41) is 32.4. The molecule has 3 fully saturated rings. The van der Waals surface area contributed by atoms with Crippen LogP contribution in [-0.4, -0.2) is 51.5 Å². The topological polar surface area (TPSA) is 96.2 Å². The number of fused-ring (bicyclic) bond motifs is 6. The van der Waals surface area contributed by atoms with Crippen molar-refractivity contribution in [2.24, 2.45) is 22.7 Å². The Morgan fingerprint density at radius 2 is 1.97 bits per heavy atom. The molecule has 1 heterocycles. The van der Waals surface area contributed by atoms with Gasteiger partial charge in [0.15, 0.2) is 6.29 Å². The third-order valence-corrected chi connectivity index (χ3v) is 8.98. The van der Waals surface area contributed by atoms with Gasteiger partial charge >= 0.3 is 5.97 Å². The predicted octanol–water partition coefficient (Wildman–Crippen LogP) is 3.42. The first-order valence-corrected chi connectivity index (χ1v) is 11.2. The highest BCUT2D eigenvalue weighted by molar-refractivity contribution is 5.67. The van der Waals surface area contributed by atoms with Crippen molar-refractivity contribution in [3.05, 3.63) is 23.8 Å². The fourth-order valence-corrected chi connectivity index (χ4v) is 7.07. The molecule has 4 rings (SSSR count). The molecule has 0 spiro atoms. The number of ether oxygens (including phenoxy) is 2. The van der Waals surface area contributed by atoms with Crippen LogP contribution < -0.4 is 0 Å². The third-order valence-electron chi connectivity index (χ3n) is 8.98. The zero-order valence-corrected chi connectivity index (χ0v) is 18.6. The Kier molecular flexibility index (Phi) is 5.25. The van der Waals surface area contributed by atoms with E-state index < -0.39 is 40.7 Å². The second-order valence-electron chi connectivity index (χ2n) is 10.8. The molecule has 1 saturated heterocycles. The van der Waals surface area contributed by atoms with Gasteiger partial charge in [-0.1, -0.05) is 32.9 Å².